The molecule has 1 unspecified atom stereocenters. The van der Waals surface area contributed by atoms with Gasteiger partial charge in [-0.3, -0.25) is 10.1 Å². The van der Waals surface area contributed by atoms with E-state index < -0.39 is 13.2 Å². The van der Waals surface area contributed by atoms with E-state index in [0.29, 0.717) is 12.2 Å². The third kappa shape index (κ3) is 3.07. The van der Waals surface area contributed by atoms with Gasteiger partial charge in [0.05, 0.1) is 16.6 Å². The SMILES string of the molecule is Cc1ccccc1B1OCC(C)(C)C(c2ccccc2[N+](=O)[O-])O1. The van der Waals surface area contributed by atoms with Gasteiger partial charge in [-0.15, -0.1) is 0 Å². The van der Waals surface area contributed by atoms with Crippen molar-refractivity contribution in [2.75, 3.05) is 6.61 Å². The number of nitro benzene ring substituents is 1. The molecule has 6 heteroatoms. The van der Waals surface area contributed by atoms with E-state index in [2.05, 4.69) is 0 Å². The number of nitro groups is 1. The van der Waals surface area contributed by atoms with Gasteiger partial charge in [0, 0.05) is 18.1 Å². The Labute approximate surface area is 141 Å². The predicted octanol–water partition coefficient (Wildman–Crippen LogP) is 3.41. The maximum atomic E-state index is 11.4. The molecule has 1 heterocycles. The molecule has 0 aromatic heterocycles. The lowest BCUT2D eigenvalue weighted by atomic mass is 9.70. The standard InChI is InChI=1S/C18H20BNO4/c1-13-8-4-6-10-15(13)19-23-12-18(2,3)17(24-19)14-9-5-7-11-16(14)20(21)22/h4-11,17H,12H2,1-3H3. The topological polar surface area (TPSA) is 61.6 Å². The molecule has 1 fully saturated rings. The van der Waals surface area contributed by atoms with Crippen LogP contribution in [0.4, 0.5) is 5.69 Å². The molecule has 0 aliphatic carbocycles. The number of rotatable bonds is 3. The van der Waals surface area contributed by atoms with Gasteiger partial charge in [0.15, 0.2) is 0 Å². The normalized spacial score (nSPS) is 20.0. The van der Waals surface area contributed by atoms with Crippen molar-refractivity contribution < 1.29 is 14.2 Å². The minimum absolute atomic E-state index is 0.0843. The molecule has 1 saturated heterocycles. The quantitative estimate of drug-likeness (QED) is 0.493. The number of para-hydroxylation sites is 1. The molecular formula is C18H20BNO4. The van der Waals surface area contributed by atoms with E-state index in [1.807, 2.05) is 45.0 Å². The van der Waals surface area contributed by atoms with E-state index >= 15 is 0 Å². The lowest BCUT2D eigenvalue weighted by Crippen LogP contribution is -2.49. The number of aryl methyl sites for hydroxylation is 1. The van der Waals surface area contributed by atoms with Crippen LogP contribution in [0, 0.1) is 22.5 Å². The summed E-state index contributed by atoms with van der Waals surface area (Å²) in [6.45, 7) is 6.47. The van der Waals surface area contributed by atoms with Gasteiger partial charge >= 0.3 is 7.12 Å². The second-order valence-corrected chi connectivity index (χ2v) is 6.82. The fourth-order valence-corrected chi connectivity index (χ4v) is 3.10. The van der Waals surface area contributed by atoms with Crippen LogP contribution < -0.4 is 5.46 Å². The Morgan fingerprint density at radius 2 is 1.83 bits per heavy atom. The maximum absolute atomic E-state index is 11.4. The van der Waals surface area contributed by atoms with E-state index in [-0.39, 0.29) is 16.0 Å². The highest BCUT2D eigenvalue weighted by atomic mass is 16.6. The molecule has 2 aromatic carbocycles. The first-order chi connectivity index (χ1) is 11.4. The molecule has 5 nitrogen and oxygen atoms in total. The molecule has 0 amide bonds. The number of hydrogen-bond acceptors (Lipinski definition) is 4. The zero-order chi connectivity index (χ0) is 17.3. The van der Waals surface area contributed by atoms with Crippen molar-refractivity contribution in [1.29, 1.82) is 0 Å². The monoisotopic (exact) mass is 325 g/mol. The predicted molar refractivity (Wildman–Crippen MR) is 93.2 cm³/mol. The zero-order valence-corrected chi connectivity index (χ0v) is 14.1. The Kier molecular flexibility index (Phi) is 4.43. The van der Waals surface area contributed by atoms with Gasteiger partial charge in [-0.05, 0) is 18.5 Å². The summed E-state index contributed by atoms with van der Waals surface area (Å²) in [5.41, 5.74) is 2.33. The zero-order valence-electron chi connectivity index (χ0n) is 14.1. The molecule has 0 bridgehead atoms. The molecule has 124 valence electrons. The van der Waals surface area contributed by atoms with Gasteiger partial charge in [0.1, 0.15) is 0 Å². The summed E-state index contributed by atoms with van der Waals surface area (Å²) < 4.78 is 12.1. The first-order valence-electron chi connectivity index (χ1n) is 7.96. The summed E-state index contributed by atoms with van der Waals surface area (Å²) in [5, 5.41) is 11.4. The molecule has 1 aliphatic rings. The average molecular weight is 325 g/mol. The molecule has 0 N–H and O–H groups in total. The van der Waals surface area contributed by atoms with Crippen LogP contribution >= 0.6 is 0 Å². The first kappa shape index (κ1) is 16.7. The van der Waals surface area contributed by atoms with Crippen molar-refractivity contribution in [3.05, 3.63) is 69.8 Å². The van der Waals surface area contributed by atoms with Crippen molar-refractivity contribution in [2.45, 2.75) is 26.9 Å². The van der Waals surface area contributed by atoms with Gasteiger partial charge in [-0.1, -0.05) is 55.8 Å². The van der Waals surface area contributed by atoms with Gasteiger partial charge in [0.25, 0.3) is 5.69 Å². The lowest BCUT2D eigenvalue weighted by Gasteiger charge is -2.41. The Bertz CT molecular complexity index is 762. The van der Waals surface area contributed by atoms with Gasteiger partial charge < -0.3 is 9.31 Å². The summed E-state index contributed by atoms with van der Waals surface area (Å²) in [7, 11) is -0.524. The number of hydrogen-bond donors (Lipinski definition) is 0. The lowest BCUT2D eigenvalue weighted by molar-refractivity contribution is -0.386. The van der Waals surface area contributed by atoms with Crippen molar-refractivity contribution in [1.82, 2.24) is 0 Å². The summed E-state index contributed by atoms with van der Waals surface area (Å²) in [6, 6.07) is 14.6. The molecular weight excluding hydrogens is 305 g/mol. The van der Waals surface area contributed by atoms with Crippen LogP contribution in [0.5, 0.6) is 0 Å². The van der Waals surface area contributed by atoms with Crippen LogP contribution in [0.3, 0.4) is 0 Å². The summed E-state index contributed by atoms with van der Waals surface area (Å²) in [5.74, 6) is 0. The summed E-state index contributed by atoms with van der Waals surface area (Å²) in [4.78, 5) is 11.0. The molecule has 1 atom stereocenters. The van der Waals surface area contributed by atoms with E-state index in [1.54, 1.807) is 18.2 Å². The van der Waals surface area contributed by atoms with E-state index in [4.69, 9.17) is 9.31 Å². The van der Waals surface area contributed by atoms with Crippen LogP contribution in [0.25, 0.3) is 0 Å². The third-order valence-electron chi connectivity index (χ3n) is 4.43. The summed E-state index contributed by atoms with van der Waals surface area (Å²) in [6.07, 6.45) is -0.419. The molecule has 0 saturated carbocycles. The van der Waals surface area contributed by atoms with E-state index in [1.165, 1.54) is 6.07 Å². The van der Waals surface area contributed by atoms with Crippen molar-refractivity contribution >= 4 is 18.3 Å². The Hall–Kier alpha value is -2.18. The van der Waals surface area contributed by atoms with Crippen molar-refractivity contribution in [3.8, 4) is 0 Å². The van der Waals surface area contributed by atoms with E-state index in [9.17, 15) is 10.1 Å². The Morgan fingerprint density at radius 3 is 2.54 bits per heavy atom. The van der Waals surface area contributed by atoms with Crippen molar-refractivity contribution in [3.63, 3.8) is 0 Å². The molecule has 0 spiro atoms. The van der Waals surface area contributed by atoms with Crippen LogP contribution in [-0.2, 0) is 9.31 Å². The highest BCUT2D eigenvalue weighted by Gasteiger charge is 2.44. The fraction of sp³-hybridized carbons (Fsp3) is 0.333. The minimum atomic E-state index is -0.524. The average Bonchev–Trinajstić information content (AvgIpc) is 2.55. The van der Waals surface area contributed by atoms with Crippen LogP contribution in [0.1, 0.15) is 31.1 Å². The largest absolute Gasteiger partial charge is 0.494 e. The minimum Gasteiger partial charge on any atom is -0.407 e. The second-order valence-electron chi connectivity index (χ2n) is 6.82. The Balaban J connectivity index is 1.99. The van der Waals surface area contributed by atoms with Gasteiger partial charge in [-0.2, -0.15) is 0 Å². The number of benzene rings is 2. The molecule has 0 radical (unpaired) electrons. The Morgan fingerprint density at radius 1 is 1.17 bits per heavy atom. The van der Waals surface area contributed by atoms with Crippen LogP contribution in [0.2, 0.25) is 0 Å². The fourth-order valence-electron chi connectivity index (χ4n) is 3.10. The third-order valence-corrected chi connectivity index (χ3v) is 4.43. The smallest absolute Gasteiger partial charge is 0.407 e. The first-order valence-corrected chi connectivity index (χ1v) is 7.96. The molecule has 24 heavy (non-hydrogen) atoms. The van der Waals surface area contributed by atoms with Crippen LogP contribution in [0.15, 0.2) is 48.5 Å². The van der Waals surface area contributed by atoms with Crippen molar-refractivity contribution in [2.24, 2.45) is 5.41 Å². The van der Waals surface area contributed by atoms with Crippen LogP contribution in [-0.4, -0.2) is 18.6 Å². The number of nitrogens with zero attached hydrogens (tertiary/aromatic N) is 1. The highest BCUT2D eigenvalue weighted by molar-refractivity contribution is 6.62. The van der Waals surface area contributed by atoms with Gasteiger partial charge in [-0.25, -0.2) is 0 Å². The van der Waals surface area contributed by atoms with Gasteiger partial charge in [0.2, 0.25) is 0 Å². The second kappa shape index (κ2) is 6.38. The molecule has 3 rings (SSSR count). The maximum Gasteiger partial charge on any atom is 0.494 e. The van der Waals surface area contributed by atoms with E-state index in [0.717, 1.165) is 11.0 Å². The molecule has 1 aliphatic heterocycles. The summed E-state index contributed by atoms with van der Waals surface area (Å²) >= 11 is 0. The molecule has 2 aromatic rings. The highest BCUT2D eigenvalue weighted by Crippen LogP contribution is 2.43.